The molecular weight excluding hydrogens is 451 g/mol. The van der Waals surface area contributed by atoms with Gasteiger partial charge in [0.25, 0.3) is 5.89 Å². The van der Waals surface area contributed by atoms with Gasteiger partial charge >= 0.3 is 12.1 Å². The van der Waals surface area contributed by atoms with Gasteiger partial charge in [0.15, 0.2) is 5.65 Å². The predicted octanol–water partition coefficient (Wildman–Crippen LogP) is 4.29. The molecule has 0 fully saturated rings. The summed E-state index contributed by atoms with van der Waals surface area (Å²) in [6.07, 6.45) is -2.29. The number of nitrogens with zero attached hydrogens (tertiary/aromatic N) is 4. The molecule has 0 unspecified atom stereocenters. The fraction of sp³-hybridized carbons (Fsp3) is 0.200. The molecule has 0 atom stereocenters. The van der Waals surface area contributed by atoms with Gasteiger partial charge in [0.05, 0.1) is 17.0 Å². The van der Waals surface area contributed by atoms with E-state index >= 15 is 0 Å². The minimum absolute atomic E-state index is 0.0349. The van der Waals surface area contributed by atoms with E-state index in [-0.39, 0.29) is 34.5 Å². The average Bonchev–Trinajstić information content (AvgIpc) is 3.38. The van der Waals surface area contributed by atoms with Gasteiger partial charge in [-0.25, -0.2) is 4.98 Å². The molecule has 0 bridgehead atoms. The number of alkyl halides is 3. The van der Waals surface area contributed by atoms with Gasteiger partial charge in [0.2, 0.25) is 5.82 Å². The molecule has 0 aliphatic carbocycles. The summed E-state index contributed by atoms with van der Waals surface area (Å²) in [4.78, 5) is 19.0. The first kappa shape index (κ1) is 21.8. The number of hydrogen-bond acceptors (Lipinski definition) is 6. The van der Waals surface area contributed by atoms with E-state index in [0.717, 1.165) is 22.2 Å². The number of nitrogens with one attached hydrogen (secondary N) is 1. The highest BCUT2D eigenvalue weighted by Crippen LogP contribution is 2.33. The van der Waals surface area contributed by atoms with Crippen LogP contribution in [0.3, 0.4) is 0 Å². The van der Waals surface area contributed by atoms with Crippen molar-refractivity contribution >= 4 is 23.2 Å². The summed E-state index contributed by atoms with van der Waals surface area (Å²) in [5, 5.41) is 15.4. The summed E-state index contributed by atoms with van der Waals surface area (Å²) in [6.45, 7) is 0.867. The molecule has 32 heavy (non-hydrogen) atoms. The Hall–Kier alpha value is -3.44. The third kappa shape index (κ3) is 4.73. The van der Waals surface area contributed by atoms with Crippen molar-refractivity contribution in [2.75, 3.05) is 6.54 Å². The Kier molecular flexibility index (Phi) is 5.85. The maximum absolute atomic E-state index is 13.0. The molecule has 3 aromatic heterocycles. The van der Waals surface area contributed by atoms with Gasteiger partial charge < -0.3 is 19.3 Å². The summed E-state index contributed by atoms with van der Waals surface area (Å²) in [7, 11) is 0. The van der Waals surface area contributed by atoms with Crippen molar-refractivity contribution in [3.63, 3.8) is 0 Å². The second-order valence-electron chi connectivity index (χ2n) is 6.87. The van der Waals surface area contributed by atoms with Crippen LogP contribution in [0.2, 0.25) is 5.02 Å². The minimum atomic E-state index is -4.54. The Bertz CT molecular complexity index is 1270. The summed E-state index contributed by atoms with van der Waals surface area (Å²) in [5.41, 5.74) is 1.02. The number of aliphatic carboxylic acids is 1. The second-order valence-corrected chi connectivity index (χ2v) is 7.28. The van der Waals surface area contributed by atoms with Crippen molar-refractivity contribution in [3.05, 3.63) is 58.9 Å². The van der Waals surface area contributed by atoms with Crippen LogP contribution in [0.4, 0.5) is 13.2 Å². The number of carbonyl (C=O) groups is 1. The second kappa shape index (κ2) is 8.60. The van der Waals surface area contributed by atoms with E-state index in [1.54, 1.807) is 12.1 Å². The van der Waals surface area contributed by atoms with Crippen LogP contribution in [-0.2, 0) is 17.5 Å². The first-order valence-corrected chi connectivity index (χ1v) is 9.70. The highest BCUT2D eigenvalue weighted by molar-refractivity contribution is 6.33. The zero-order valence-corrected chi connectivity index (χ0v) is 17.0. The normalized spacial score (nSPS) is 11.9. The average molecular weight is 466 g/mol. The Morgan fingerprint density at radius 1 is 1.19 bits per heavy atom. The summed E-state index contributed by atoms with van der Waals surface area (Å²) in [5.74, 6) is -0.549. The number of benzene rings is 1. The first-order chi connectivity index (χ1) is 15.2. The van der Waals surface area contributed by atoms with Gasteiger partial charge in [-0.2, -0.15) is 18.2 Å². The fourth-order valence-corrected chi connectivity index (χ4v) is 3.22. The van der Waals surface area contributed by atoms with E-state index in [9.17, 15) is 18.0 Å². The van der Waals surface area contributed by atoms with E-state index in [4.69, 9.17) is 21.2 Å². The van der Waals surface area contributed by atoms with Crippen molar-refractivity contribution in [2.45, 2.75) is 19.1 Å². The molecule has 0 aliphatic heterocycles. The van der Waals surface area contributed by atoms with E-state index in [1.165, 1.54) is 6.20 Å². The van der Waals surface area contributed by atoms with E-state index in [2.05, 4.69) is 20.4 Å². The van der Waals surface area contributed by atoms with Crippen molar-refractivity contribution in [2.24, 2.45) is 0 Å². The highest BCUT2D eigenvalue weighted by Gasteiger charge is 2.32. The number of carboxylic acids is 1. The highest BCUT2D eigenvalue weighted by atomic mass is 35.5. The number of pyridine rings is 1. The van der Waals surface area contributed by atoms with Crippen molar-refractivity contribution < 1.29 is 27.6 Å². The molecule has 0 saturated carbocycles. The molecule has 166 valence electrons. The topological polar surface area (TPSA) is 106 Å². The van der Waals surface area contributed by atoms with Crippen LogP contribution in [0.25, 0.3) is 28.6 Å². The van der Waals surface area contributed by atoms with Crippen LogP contribution < -0.4 is 5.32 Å². The molecule has 3 heterocycles. The standard InChI is InChI=1S/C20H15ClF3N5O3/c21-14-7-13(20(22,23)24)9-29-10-15(26-18(14)29)19-27-17(28-32-19)12-3-1-11(2-4-12)8-25-6-5-16(30)31/h1-4,7,9-10,25H,5-6,8H2,(H,30,31). The fourth-order valence-electron chi connectivity index (χ4n) is 2.96. The van der Waals surface area contributed by atoms with Crippen LogP contribution >= 0.6 is 11.6 Å². The lowest BCUT2D eigenvalue weighted by Gasteiger charge is -2.07. The van der Waals surface area contributed by atoms with Gasteiger partial charge in [-0.05, 0) is 11.6 Å². The molecular formula is C20H15ClF3N5O3. The zero-order chi connectivity index (χ0) is 22.9. The lowest BCUT2D eigenvalue weighted by Crippen LogP contribution is -2.17. The summed E-state index contributed by atoms with van der Waals surface area (Å²) in [6, 6.07) is 8.04. The Balaban J connectivity index is 1.52. The maximum Gasteiger partial charge on any atom is 0.417 e. The summed E-state index contributed by atoms with van der Waals surface area (Å²) >= 11 is 5.96. The monoisotopic (exact) mass is 465 g/mol. The number of imidazole rings is 1. The van der Waals surface area contributed by atoms with Crippen molar-refractivity contribution in [1.29, 1.82) is 0 Å². The van der Waals surface area contributed by atoms with Crippen molar-refractivity contribution in [1.82, 2.24) is 24.8 Å². The third-order valence-corrected chi connectivity index (χ3v) is 4.81. The largest absolute Gasteiger partial charge is 0.481 e. The SMILES string of the molecule is O=C(O)CCNCc1ccc(-c2noc(-c3cn4cc(C(F)(F)F)cc(Cl)c4n3)n2)cc1. The number of halogens is 4. The van der Waals surface area contributed by atoms with Gasteiger partial charge in [0, 0.05) is 31.0 Å². The number of aromatic nitrogens is 4. The number of hydrogen-bond donors (Lipinski definition) is 2. The lowest BCUT2D eigenvalue weighted by molar-refractivity contribution is -0.138. The van der Waals surface area contributed by atoms with Crippen LogP contribution in [0, 0.1) is 0 Å². The smallest absolute Gasteiger partial charge is 0.417 e. The van der Waals surface area contributed by atoms with Gasteiger partial charge in [-0.15, -0.1) is 0 Å². The molecule has 0 spiro atoms. The quantitative estimate of drug-likeness (QED) is 0.392. The Morgan fingerprint density at radius 3 is 2.62 bits per heavy atom. The molecule has 0 amide bonds. The van der Waals surface area contributed by atoms with E-state index in [1.807, 2.05) is 12.1 Å². The molecule has 4 aromatic rings. The van der Waals surface area contributed by atoms with Gasteiger partial charge in [0.1, 0.15) is 5.69 Å². The van der Waals surface area contributed by atoms with Crippen LogP contribution in [-0.4, -0.2) is 37.1 Å². The first-order valence-electron chi connectivity index (χ1n) is 9.32. The molecule has 12 heteroatoms. The minimum Gasteiger partial charge on any atom is -0.481 e. The molecule has 2 N–H and O–H groups in total. The number of fused-ring (bicyclic) bond motifs is 1. The molecule has 4 rings (SSSR count). The molecule has 0 radical (unpaired) electrons. The Morgan fingerprint density at radius 2 is 1.94 bits per heavy atom. The van der Waals surface area contributed by atoms with Crippen molar-refractivity contribution in [3.8, 4) is 23.0 Å². The molecule has 8 nitrogen and oxygen atoms in total. The third-order valence-electron chi connectivity index (χ3n) is 4.54. The Labute approximate surface area is 183 Å². The van der Waals surface area contributed by atoms with E-state index in [0.29, 0.717) is 18.7 Å². The van der Waals surface area contributed by atoms with Crippen LogP contribution in [0.15, 0.2) is 47.2 Å². The molecule has 0 saturated heterocycles. The van der Waals surface area contributed by atoms with Crippen LogP contribution in [0.5, 0.6) is 0 Å². The number of rotatable bonds is 7. The van der Waals surface area contributed by atoms with E-state index < -0.39 is 17.7 Å². The van der Waals surface area contributed by atoms with Gasteiger partial charge in [-0.1, -0.05) is 41.0 Å². The maximum atomic E-state index is 13.0. The van der Waals surface area contributed by atoms with Gasteiger partial charge in [-0.3, -0.25) is 4.79 Å². The number of carboxylic acid groups (broad SMARTS) is 1. The zero-order valence-electron chi connectivity index (χ0n) is 16.2. The van der Waals surface area contributed by atoms with Crippen LogP contribution in [0.1, 0.15) is 17.5 Å². The summed E-state index contributed by atoms with van der Waals surface area (Å²) < 4.78 is 45.4. The molecule has 0 aliphatic rings. The molecule has 1 aromatic carbocycles. The lowest BCUT2D eigenvalue weighted by atomic mass is 10.1. The predicted molar refractivity (Wildman–Crippen MR) is 108 cm³/mol.